The van der Waals surface area contributed by atoms with Crippen LogP contribution >= 0.6 is 0 Å². The van der Waals surface area contributed by atoms with Crippen molar-refractivity contribution in [3.8, 4) is 0 Å². The first-order valence-electron chi connectivity index (χ1n) is 21.8. The standard InChI is InChI=1S/C53H55BN2/c1-52(2,3)37-26-28-42-46(30-37)55(45-29-25-36-18-11-17-35-19-12-22-41(45)49(35)36)47-31-38(53(4,5)6)32-48-50(47)54(42)43-27-24-34-15-8-10-21-40(34)51(43)56(48)44-23-13-16-33-14-7-9-20-39(33)44/h12-13,16,19,22-32H,7-11,14-15,17-18,20-21H2,1-6H3. The summed E-state index contributed by atoms with van der Waals surface area (Å²) in [5.74, 6) is 0. The second-order valence-corrected chi connectivity index (χ2v) is 19.7. The van der Waals surface area contributed by atoms with E-state index in [0.717, 1.165) is 25.7 Å². The van der Waals surface area contributed by atoms with Gasteiger partial charge in [-0.15, -0.1) is 0 Å². The molecule has 0 saturated carbocycles. The highest BCUT2D eigenvalue weighted by Crippen LogP contribution is 2.51. The van der Waals surface area contributed by atoms with E-state index in [4.69, 9.17) is 0 Å². The third-order valence-corrected chi connectivity index (χ3v) is 14.2. The SMILES string of the molecule is CC(C)(C)c1ccc2c(c1)N(c1ccc3c4c(cccc14)CCC3)c1cc(C(C)(C)C)cc3c1B2c1ccc2c(c1N3c1cccc3c1CCCC3)CCCC2. The molecule has 0 saturated heterocycles. The Kier molecular flexibility index (Phi) is 7.62. The predicted molar refractivity (Wildman–Crippen MR) is 241 cm³/mol. The Hall–Kier alpha value is -4.76. The zero-order chi connectivity index (χ0) is 38.1. The molecule has 0 bridgehead atoms. The molecule has 0 aromatic heterocycles. The van der Waals surface area contributed by atoms with Gasteiger partial charge in [-0.2, -0.15) is 0 Å². The quantitative estimate of drug-likeness (QED) is 0.163. The zero-order valence-electron chi connectivity index (χ0n) is 34.4. The molecule has 56 heavy (non-hydrogen) atoms. The summed E-state index contributed by atoms with van der Waals surface area (Å²) in [7, 11) is 0. The molecular weight excluding hydrogens is 675 g/mol. The molecule has 0 unspecified atom stereocenters. The summed E-state index contributed by atoms with van der Waals surface area (Å²) in [6.07, 6.45) is 13.3. The van der Waals surface area contributed by atoms with Gasteiger partial charge in [-0.3, -0.25) is 0 Å². The van der Waals surface area contributed by atoms with Crippen molar-refractivity contribution in [3.05, 3.63) is 136 Å². The molecule has 2 aliphatic heterocycles. The van der Waals surface area contributed by atoms with Gasteiger partial charge in [-0.25, -0.2) is 0 Å². The van der Waals surface area contributed by atoms with Crippen LogP contribution in [0.25, 0.3) is 10.8 Å². The molecule has 5 aliphatic rings. The number of nitrogens with zero attached hydrogens (tertiary/aromatic N) is 2. The van der Waals surface area contributed by atoms with Crippen molar-refractivity contribution in [1.29, 1.82) is 0 Å². The predicted octanol–water partition coefficient (Wildman–Crippen LogP) is 11.8. The van der Waals surface area contributed by atoms with Crippen LogP contribution in [0.1, 0.15) is 118 Å². The van der Waals surface area contributed by atoms with Crippen LogP contribution < -0.4 is 26.2 Å². The lowest BCUT2D eigenvalue weighted by Gasteiger charge is -2.47. The van der Waals surface area contributed by atoms with E-state index in [1.165, 1.54) is 128 Å². The molecule has 3 aliphatic carbocycles. The first-order chi connectivity index (χ1) is 27.1. The minimum absolute atomic E-state index is 0.0199. The van der Waals surface area contributed by atoms with Gasteiger partial charge in [-0.05, 0) is 178 Å². The highest BCUT2D eigenvalue weighted by Gasteiger charge is 2.46. The van der Waals surface area contributed by atoms with E-state index < -0.39 is 0 Å². The Balaban J connectivity index is 1.29. The summed E-state index contributed by atoms with van der Waals surface area (Å²) >= 11 is 0. The van der Waals surface area contributed by atoms with Crippen molar-refractivity contribution >= 4 is 68.0 Å². The van der Waals surface area contributed by atoms with Crippen LogP contribution in [-0.4, -0.2) is 6.71 Å². The van der Waals surface area contributed by atoms with Crippen LogP contribution in [0.2, 0.25) is 0 Å². The first-order valence-corrected chi connectivity index (χ1v) is 21.8. The van der Waals surface area contributed by atoms with Gasteiger partial charge in [-0.1, -0.05) is 102 Å². The first kappa shape index (κ1) is 34.5. The summed E-state index contributed by atoms with van der Waals surface area (Å²) in [6, 6.07) is 37.1. The maximum Gasteiger partial charge on any atom is 0.252 e. The Bertz CT molecular complexity index is 2610. The van der Waals surface area contributed by atoms with Gasteiger partial charge in [0.25, 0.3) is 6.71 Å². The van der Waals surface area contributed by atoms with E-state index >= 15 is 0 Å². The highest BCUT2D eigenvalue weighted by molar-refractivity contribution is 7.00. The largest absolute Gasteiger partial charge is 0.311 e. The number of benzene rings is 6. The van der Waals surface area contributed by atoms with Gasteiger partial charge < -0.3 is 9.80 Å². The summed E-state index contributed by atoms with van der Waals surface area (Å²) in [5, 5.41) is 2.88. The van der Waals surface area contributed by atoms with Crippen molar-refractivity contribution in [3.63, 3.8) is 0 Å². The second-order valence-electron chi connectivity index (χ2n) is 19.7. The van der Waals surface area contributed by atoms with E-state index in [-0.39, 0.29) is 17.5 Å². The maximum atomic E-state index is 2.80. The van der Waals surface area contributed by atoms with Crippen molar-refractivity contribution in [2.45, 2.75) is 123 Å². The van der Waals surface area contributed by atoms with Crippen LogP contribution in [0.3, 0.4) is 0 Å². The topological polar surface area (TPSA) is 6.48 Å². The molecule has 6 aromatic carbocycles. The average molecular weight is 731 g/mol. The molecule has 3 heteroatoms. The molecule has 2 nitrogen and oxygen atoms in total. The van der Waals surface area contributed by atoms with Gasteiger partial charge >= 0.3 is 0 Å². The summed E-state index contributed by atoms with van der Waals surface area (Å²) < 4.78 is 0. The van der Waals surface area contributed by atoms with Gasteiger partial charge in [0.15, 0.2) is 0 Å². The molecule has 0 atom stereocenters. The highest BCUT2D eigenvalue weighted by atomic mass is 15.2. The molecule has 280 valence electrons. The van der Waals surface area contributed by atoms with Crippen LogP contribution in [0, 0.1) is 0 Å². The Labute approximate surface area is 335 Å². The molecule has 6 aromatic rings. The fourth-order valence-electron chi connectivity index (χ4n) is 11.3. The van der Waals surface area contributed by atoms with Gasteiger partial charge in [0.1, 0.15) is 0 Å². The van der Waals surface area contributed by atoms with Crippen LogP contribution in [-0.2, 0) is 49.4 Å². The molecule has 0 spiro atoms. The zero-order valence-corrected chi connectivity index (χ0v) is 34.4. The molecule has 2 heterocycles. The van der Waals surface area contributed by atoms with Crippen LogP contribution in [0.5, 0.6) is 0 Å². The number of anilines is 6. The average Bonchev–Trinajstić information content (AvgIpc) is 3.20. The monoisotopic (exact) mass is 730 g/mol. The second kappa shape index (κ2) is 12.4. The lowest BCUT2D eigenvalue weighted by molar-refractivity contribution is 0.590. The minimum atomic E-state index is -0.0433. The van der Waals surface area contributed by atoms with Gasteiger partial charge in [0.2, 0.25) is 0 Å². The third-order valence-electron chi connectivity index (χ3n) is 14.2. The van der Waals surface area contributed by atoms with Crippen LogP contribution in [0.15, 0.2) is 91.0 Å². The fraction of sp³-hybridized carbons (Fsp3) is 0.358. The fourth-order valence-corrected chi connectivity index (χ4v) is 11.3. The van der Waals surface area contributed by atoms with E-state index in [9.17, 15) is 0 Å². The maximum absolute atomic E-state index is 2.80. The molecule has 11 rings (SSSR count). The molecule has 0 N–H and O–H groups in total. The van der Waals surface area contributed by atoms with Crippen LogP contribution in [0.4, 0.5) is 34.1 Å². The van der Waals surface area contributed by atoms with Crippen molar-refractivity contribution < 1.29 is 0 Å². The van der Waals surface area contributed by atoms with E-state index in [1.807, 2.05) is 0 Å². The Morgan fingerprint density at radius 2 is 1.04 bits per heavy atom. The molecule has 0 fully saturated rings. The summed E-state index contributed by atoms with van der Waals surface area (Å²) in [4.78, 5) is 5.52. The number of rotatable bonds is 2. The minimum Gasteiger partial charge on any atom is -0.311 e. The lowest BCUT2D eigenvalue weighted by Crippen LogP contribution is -2.62. The van der Waals surface area contributed by atoms with Crippen molar-refractivity contribution in [2.75, 3.05) is 9.80 Å². The number of hydrogen-bond donors (Lipinski definition) is 0. The van der Waals surface area contributed by atoms with Crippen molar-refractivity contribution in [1.82, 2.24) is 0 Å². The van der Waals surface area contributed by atoms with E-state index in [0.29, 0.717) is 0 Å². The molecule has 0 radical (unpaired) electrons. The smallest absolute Gasteiger partial charge is 0.252 e. The lowest BCUT2D eigenvalue weighted by atomic mass is 9.33. The van der Waals surface area contributed by atoms with Gasteiger partial charge in [0, 0.05) is 33.8 Å². The van der Waals surface area contributed by atoms with Gasteiger partial charge in [0.05, 0.1) is 5.69 Å². The Morgan fingerprint density at radius 1 is 0.446 bits per heavy atom. The molecular formula is C53H55BN2. The Morgan fingerprint density at radius 3 is 1.80 bits per heavy atom. The number of aryl methyl sites for hydroxylation is 4. The summed E-state index contributed by atoms with van der Waals surface area (Å²) in [6.45, 7) is 14.5. The number of hydrogen-bond acceptors (Lipinski definition) is 2. The van der Waals surface area contributed by atoms with Crippen molar-refractivity contribution in [2.24, 2.45) is 0 Å². The number of fused-ring (bicyclic) bond motifs is 7. The summed E-state index contributed by atoms with van der Waals surface area (Å²) in [5.41, 5.74) is 24.7. The van der Waals surface area contributed by atoms with E-state index in [2.05, 4.69) is 142 Å². The molecule has 0 amide bonds. The third kappa shape index (κ3) is 5.08. The van der Waals surface area contributed by atoms with E-state index in [1.54, 1.807) is 22.3 Å². The normalized spacial score (nSPS) is 16.9.